The summed E-state index contributed by atoms with van der Waals surface area (Å²) in [7, 11) is 0. The predicted octanol–water partition coefficient (Wildman–Crippen LogP) is 39.2. The molecule has 18 aromatic carbocycles. The topological polar surface area (TPSA) is 29.6 Å². The maximum atomic E-state index is 2.52. The Morgan fingerprint density at radius 3 is 0.541 bits per heavy atom. The molecule has 0 aliphatic heterocycles. The Bertz CT molecular complexity index is 8650. The maximum absolute atomic E-state index is 2.52. The van der Waals surface area contributed by atoms with Gasteiger partial charge in [-0.15, -0.1) is 0 Å². The average Bonchev–Trinajstić information content (AvgIpc) is 1.58. The minimum atomic E-state index is 0.0567. The molecule has 0 aliphatic rings. The summed E-state index contributed by atoms with van der Waals surface area (Å²) in [5, 5.41) is 15.6. The molecule has 6 heteroatoms. The molecule has 24 rings (SSSR count). The lowest BCUT2D eigenvalue weighted by atomic mass is 9.86. The van der Waals surface area contributed by atoms with Crippen molar-refractivity contribution < 1.29 is 0 Å². The van der Waals surface area contributed by atoms with Crippen LogP contribution >= 0.6 is 0 Å². The lowest BCUT2D eigenvalue weighted by molar-refractivity contribution is 0.411. The summed E-state index contributed by atoms with van der Waals surface area (Å²) in [5.74, 6) is 2.41. The van der Waals surface area contributed by atoms with E-state index in [0.717, 1.165) is 38.5 Å². The third-order valence-corrected chi connectivity index (χ3v) is 30.0. The summed E-state index contributed by atoms with van der Waals surface area (Å²) >= 11 is 0. The van der Waals surface area contributed by atoms with Crippen molar-refractivity contribution in [3.8, 4) is 67.5 Å². The van der Waals surface area contributed by atoms with Crippen molar-refractivity contribution in [2.45, 2.75) is 188 Å². The van der Waals surface area contributed by atoms with Gasteiger partial charge in [0, 0.05) is 98.8 Å². The molecule has 0 atom stereocenters. The summed E-state index contributed by atoms with van der Waals surface area (Å²) < 4.78 is 14.8. The van der Waals surface area contributed by atoms with Gasteiger partial charge in [0.15, 0.2) is 0 Å². The van der Waals surface area contributed by atoms with Gasteiger partial charge in [0.05, 0.1) is 66.2 Å². The van der Waals surface area contributed by atoms with E-state index in [4.69, 9.17) is 0 Å². The molecule has 0 aliphatic carbocycles. The Kier molecular flexibility index (Phi) is 25.6. The normalized spacial score (nSPS) is 12.5. The Labute approximate surface area is 874 Å². The molecule has 6 nitrogen and oxygen atoms in total. The first-order valence-corrected chi connectivity index (χ1v) is 54.0. The van der Waals surface area contributed by atoms with Gasteiger partial charge in [-0.2, -0.15) is 0 Å². The molecule has 0 fully saturated rings. The molecule has 0 unspecified atom stereocenters. The summed E-state index contributed by atoms with van der Waals surface area (Å²) in [6.07, 6.45) is 6.37. The second kappa shape index (κ2) is 38.9. The fourth-order valence-electron chi connectivity index (χ4n) is 23.6. The Morgan fingerprint density at radius 1 is 0.162 bits per heavy atom. The second-order valence-electron chi connectivity index (χ2n) is 48.3. The number of hydrogen-bond donors (Lipinski definition) is 0. The Balaban J connectivity index is 0.000000126. The van der Waals surface area contributed by atoms with Crippen molar-refractivity contribution in [1.29, 1.82) is 0 Å². The monoisotopic (exact) mass is 1930 g/mol. The maximum Gasteiger partial charge on any atom is 0.0544 e. The van der Waals surface area contributed by atoms with E-state index in [-0.39, 0.29) is 21.7 Å². The highest BCUT2D eigenvalue weighted by atomic mass is 15.0. The van der Waals surface area contributed by atoms with E-state index in [9.17, 15) is 0 Å². The average molecular weight is 1930 g/mol. The molecule has 0 N–H and O–H groups in total. The SMILES string of the molecule is CC(C)(C)Cc1ccc2c3ccc(CC(C)(C)C)cc3n(-c3cccc(-c4cccc(-n5c6ccccc6c6ccccc65)c4)c3)c2c1.CC(C)(C)c1ccc2c3ccc(C(C)(C)C)cc3n(-c3cccc(-c4cccc(-n5c6ccccc6c6ccccc65)c4)c3)c2c1.CC(C)Cc1ccc2c3ccc(CC(C)C)cc3n(-c3cccc(-c4cccc(-n5c6cc(CC(C)C)ccc6c6ccc(CC(C)C)cc65)c4)c3)c2c1. The van der Waals surface area contributed by atoms with E-state index in [1.165, 1.54) is 243 Å². The Morgan fingerprint density at radius 2 is 0.338 bits per heavy atom. The zero-order chi connectivity index (χ0) is 103. The van der Waals surface area contributed by atoms with E-state index in [1.807, 2.05) is 0 Å². The number of rotatable bonds is 19. The summed E-state index contributed by atoms with van der Waals surface area (Å²) in [5.41, 5.74) is 41.1. The van der Waals surface area contributed by atoms with Crippen LogP contribution in [0.1, 0.15) is 183 Å². The second-order valence-corrected chi connectivity index (χ2v) is 48.3. The van der Waals surface area contributed by atoms with Crippen LogP contribution in [0, 0.1) is 34.5 Å². The number of benzene rings is 18. The lowest BCUT2D eigenvalue weighted by Gasteiger charge is -2.20. The first-order chi connectivity index (χ1) is 71.1. The van der Waals surface area contributed by atoms with Crippen molar-refractivity contribution >= 4 is 131 Å². The molecule has 0 radical (unpaired) electrons. The molecule has 0 saturated heterocycles. The standard InChI is InChI=1S/C52H56N2.C46H44N2.C44H40N2/c1-33(2)23-37-15-19-45-46-20-16-38(24-34(3)4)28-50(46)53(49(45)27-37)43-13-9-11-41(31-43)42-12-10-14-44(32-42)54-51-29-39(25-35(5)6)17-21-47(51)48-22-18-40(26-36(7)8)30-52(48)54;1-45(2,3)29-31-21-23-39-40-24-22-32(30-46(4,5)6)26-44(40)48(43(39)25-31)36-16-12-14-34(28-36)33-13-11-15-35(27-33)47-41-19-9-7-17-37(41)38-18-8-10-20-42(38)47;1-43(2,3)31-21-23-37-38-24-22-32(44(4,5)6)28-42(38)46(41(37)27-31)34-16-12-14-30(26-34)29-13-11-15-33(25-29)45-39-19-9-7-17-35(39)36-18-8-10-20-40(36)45/h9-22,27-36H,23-26H2,1-8H3;7-28H,29-30H2,1-6H3;7-28H,1-6H3. The third kappa shape index (κ3) is 19.2. The van der Waals surface area contributed by atoms with Crippen LogP contribution < -0.4 is 0 Å². The van der Waals surface area contributed by atoms with Crippen molar-refractivity contribution in [3.05, 3.63) is 433 Å². The highest BCUT2D eigenvalue weighted by Gasteiger charge is 2.27. The van der Waals surface area contributed by atoms with Gasteiger partial charge in [-0.05, 0) is 307 Å². The number of nitrogens with zero attached hydrogens (tertiary/aromatic N) is 6. The third-order valence-electron chi connectivity index (χ3n) is 30.0. The smallest absolute Gasteiger partial charge is 0.0544 e. The van der Waals surface area contributed by atoms with Crippen LogP contribution in [-0.2, 0) is 49.4 Å². The van der Waals surface area contributed by atoms with Crippen LogP contribution in [0.25, 0.3) is 198 Å². The predicted molar refractivity (Wildman–Crippen MR) is 640 cm³/mol. The van der Waals surface area contributed by atoms with Crippen LogP contribution in [0.2, 0.25) is 0 Å². The van der Waals surface area contributed by atoms with E-state index in [0.29, 0.717) is 23.7 Å². The molecular formula is C142H140N6. The molecule has 148 heavy (non-hydrogen) atoms. The summed E-state index contributed by atoms with van der Waals surface area (Å²) in [6.45, 7) is 46.2. The molecule has 0 bridgehead atoms. The van der Waals surface area contributed by atoms with E-state index < -0.39 is 0 Å². The van der Waals surface area contributed by atoms with Gasteiger partial charge in [-0.25, -0.2) is 0 Å². The highest BCUT2D eigenvalue weighted by Crippen LogP contribution is 2.46. The quantitative estimate of drug-likeness (QED) is 0.0772. The zero-order valence-corrected chi connectivity index (χ0v) is 90.2. The van der Waals surface area contributed by atoms with E-state index in [1.54, 1.807) is 0 Å². The zero-order valence-electron chi connectivity index (χ0n) is 90.2. The number of fused-ring (bicyclic) bond motifs is 18. The van der Waals surface area contributed by atoms with Crippen molar-refractivity contribution in [2.24, 2.45) is 34.5 Å². The fraction of sp³-hybridized carbons (Fsp3) is 0.239. The van der Waals surface area contributed by atoms with Crippen LogP contribution in [0.15, 0.2) is 388 Å². The molecule has 0 spiro atoms. The first kappa shape index (κ1) is 97.5. The van der Waals surface area contributed by atoms with Gasteiger partial charge in [0.25, 0.3) is 0 Å². The minimum Gasteiger partial charge on any atom is -0.309 e. The molecular weight excluding hydrogens is 1790 g/mol. The largest absolute Gasteiger partial charge is 0.309 e. The summed E-state index contributed by atoms with van der Waals surface area (Å²) in [4.78, 5) is 0. The number of para-hydroxylation sites is 4. The van der Waals surface area contributed by atoms with E-state index >= 15 is 0 Å². The molecule has 6 aromatic heterocycles. The van der Waals surface area contributed by atoms with Gasteiger partial charge in [0.2, 0.25) is 0 Å². The van der Waals surface area contributed by atoms with Crippen LogP contribution in [-0.4, -0.2) is 27.4 Å². The Hall–Kier alpha value is -15.2. The molecule has 0 saturated carbocycles. The van der Waals surface area contributed by atoms with Crippen molar-refractivity contribution in [3.63, 3.8) is 0 Å². The van der Waals surface area contributed by atoms with Gasteiger partial charge >= 0.3 is 0 Å². The number of aromatic nitrogens is 6. The molecule has 0 amide bonds. The highest BCUT2D eigenvalue weighted by molar-refractivity contribution is 6.15. The van der Waals surface area contributed by atoms with Crippen molar-refractivity contribution in [2.75, 3.05) is 0 Å². The van der Waals surface area contributed by atoms with Crippen molar-refractivity contribution in [1.82, 2.24) is 27.4 Å². The van der Waals surface area contributed by atoms with E-state index in [2.05, 4.69) is 554 Å². The van der Waals surface area contributed by atoms with Gasteiger partial charge in [0.1, 0.15) is 0 Å². The number of hydrogen-bond acceptors (Lipinski definition) is 0. The van der Waals surface area contributed by atoms with Gasteiger partial charge in [-0.3, -0.25) is 0 Å². The van der Waals surface area contributed by atoms with Gasteiger partial charge in [-0.1, -0.05) is 381 Å². The summed E-state index contributed by atoms with van der Waals surface area (Å²) in [6, 6.07) is 146. The van der Waals surface area contributed by atoms with Crippen LogP contribution in [0.4, 0.5) is 0 Å². The van der Waals surface area contributed by atoms with Crippen LogP contribution in [0.5, 0.6) is 0 Å². The fourth-order valence-corrected chi connectivity index (χ4v) is 23.6. The van der Waals surface area contributed by atoms with Gasteiger partial charge < -0.3 is 27.4 Å². The molecule has 738 valence electrons. The van der Waals surface area contributed by atoms with Crippen LogP contribution in [0.3, 0.4) is 0 Å². The first-order valence-electron chi connectivity index (χ1n) is 54.0. The molecule has 24 aromatic rings. The minimum absolute atomic E-state index is 0.0567. The molecule has 6 heterocycles. The lowest BCUT2D eigenvalue weighted by Crippen LogP contribution is -2.11.